The number of nitrogens with zero attached hydrogens (tertiary/aromatic N) is 2. The number of nitrogens with two attached hydrogens (primary N) is 1. The highest BCUT2D eigenvalue weighted by Gasteiger charge is 2.16. The van der Waals surface area contributed by atoms with Crippen LogP contribution >= 0.6 is 0 Å². The Morgan fingerprint density at radius 1 is 1.24 bits per heavy atom. The smallest absolute Gasteiger partial charge is 0.0713 e. The summed E-state index contributed by atoms with van der Waals surface area (Å²) in [5, 5.41) is 0. The molecule has 0 radical (unpaired) electrons. The van der Waals surface area contributed by atoms with Crippen molar-refractivity contribution in [2.24, 2.45) is 5.73 Å². The van der Waals surface area contributed by atoms with Crippen molar-refractivity contribution in [3.8, 4) is 0 Å². The van der Waals surface area contributed by atoms with Gasteiger partial charge in [0.1, 0.15) is 0 Å². The van der Waals surface area contributed by atoms with Gasteiger partial charge in [0.15, 0.2) is 0 Å². The van der Waals surface area contributed by atoms with Gasteiger partial charge in [-0.05, 0) is 29.8 Å². The Morgan fingerprint density at radius 2 is 2.05 bits per heavy atom. The number of hydrogen-bond donors (Lipinski definition) is 1. The van der Waals surface area contributed by atoms with Crippen LogP contribution < -0.4 is 5.73 Å². The molecule has 0 bridgehead atoms. The molecule has 1 aromatic carbocycles. The molecule has 112 valence electrons. The van der Waals surface area contributed by atoms with Crippen LogP contribution in [0.25, 0.3) is 0 Å². The Labute approximate surface area is 126 Å². The number of pyridine rings is 1. The zero-order valence-corrected chi connectivity index (χ0v) is 12.7. The summed E-state index contributed by atoms with van der Waals surface area (Å²) in [6.07, 6.45) is 3.68. The molecule has 0 aliphatic heterocycles. The van der Waals surface area contributed by atoms with Crippen molar-refractivity contribution >= 4 is 0 Å². The fourth-order valence-electron chi connectivity index (χ4n) is 2.52. The average Bonchev–Trinajstić information content (AvgIpc) is 2.50. The first kappa shape index (κ1) is 15.6. The summed E-state index contributed by atoms with van der Waals surface area (Å²) in [4.78, 5) is 6.41. The molecule has 4 heteroatoms. The molecule has 0 amide bonds. The molecule has 0 spiro atoms. The number of methoxy groups -OCH3 is 1. The fourth-order valence-corrected chi connectivity index (χ4v) is 2.52. The largest absolute Gasteiger partial charge is 0.380 e. The van der Waals surface area contributed by atoms with E-state index in [0.29, 0.717) is 13.2 Å². The van der Waals surface area contributed by atoms with Crippen molar-refractivity contribution < 1.29 is 4.74 Å². The van der Waals surface area contributed by atoms with E-state index in [1.807, 2.05) is 12.3 Å². The predicted octanol–water partition coefficient (Wildman–Crippen LogP) is 2.36. The zero-order chi connectivity index (χ0) is 15.1. The van der Waals surface area contributed by atoms with Crippen LogP contribution in [0, 0.1) is 0 Å². The highest BCUT2D eigenvalue weighted by atomic mass is 16.5. The van der Waals surface area contributed by atoms with Gasteiger partial charge in [0.25, 0.3) is 0 Å². The number of likely N-dealkylation sites (N-methyl/N-ethyl adjacent to an activating group) is 1. The maximum absolute atomic E-state index is 5.99. The summed E-state index contributed by atoms with van der Waals surface area (Å²) in [6.45, 7) is 2.02. The summed E-state index contributed by atoms with van der Waals surface area (Å²) in [6, 6.07) is 12.6. The van der Waals surface area contributed by atoms with E-state index in [0.717, 1.165) is 6.54 Å². The average molecular weight is 285 g/mol. The highest BCUT2D eigenvalue weighted by molar-refractivity contribution is 5.26. The SMILES string of the molecule is COCc1cccc(C(CN)N(C)Cc2cccnc2)c1. The molecular weight excluding hydrogens is 262 g/mol. The number of ether oxygens (including phenoxy) is 1. The second-order valence-electron chi connectivity index (χ2n) is 5.21. The van der Waals surface area contributed by atoms with Gasteiger partial charge in [-0.3, -0.25) is 9.88 Å². The van der Waals surface area contributed by atoms with Crippen LogP contribution in [0.2, 0.25) is 0 Å². The Morgan fingerprint density at radius 3 is 2.71 bits per heavy atom. The van der Waals surface area contributed by atoms with Gasteiger partial charge < -0.3 is 10.5 Å². The van der Waals surface area contributed by atoms with Crippen LogP contribution in [0.4, 0.5) is 0 Å². The first-order chi connectivity index (χ1) is 10.2. The molecule has 2 N–H and O–H groups in total. The first-order valence-corrected chi connectivity index (χ1v) is 7.11. The molecule has 0 saturated heterocycles. The Kier molecular flexibility index (Phi) is 5.87. The molecule has 1 atom stereocenters. The highest BCUT2D eigenvalue weighted by Crippen LogP contribution is 2.21. The van der Waals surface area contributed by atoms with E-state index < -0.39 is 0 Å². The van der Waals surface area contributed by atoms with Gasteiger partial charge in [-0.15, -0.1) is 0 Å². The minimum Gasteiger partial charge on any atom is -0.380 e. The van der Waals surface area contributed by atoms with Crippen LogP contribution in [0.1, 0.15) is 22.7 Å². The Balaban J connectivity index is 2.12. The molecule has 0 saturated carbocycles. The minimum atomic E-state index is 0.182. The minimum absolute atomic E-state index is 0.182. The molecular formula is C17H23N3O. The summed E-state index contributed by atoms with van der Waals surface area (Å²) in [5.41, 5.74) is 9.57. The van der Waals surface area contributed by atoms with Crippen molar-refractivity contribution in [3.63, 3.8) is 0 Å². The van der Waals surface area contributed by atoms with Gasteiger partial charge in [-0.25, -0.2) is 0 Å². The van der Waals surface area contributed by atoms with E-state index in [9.17, 15) is 0 Å². The summed E-state index contributed by atoms with van der Waals surface area (Å²) in [7, 11) is 3.80. The summed E-state index contributed by atoms with van der Waals surface area (Å²) in [5.74, 6) is 0. The van der Waals surface area contributed by atoms with E-state index in [4.69, 9.17) is 10.5 Å². The molecule has 1 heterocycles. The lowest BCUT2D eigenvalue weighted by Crippen LogP contribution is -2.30. The lowest BCUT2D eigenvalue weighted by Gasteiger charge is -2.27. The third-order valence-electron chi connectivity index (χ3n) is 3.56. The van der Waals surface area contributed by atoms with E-state index in [2.05, 4.69) is 47.3 Å². The quantitative estimate of drug-likeness (QED) is 0.848. The number of benzene rings is 1. The maximum atomic E-state index is 5.99. The second kappa shape index (κ2) is 7.88. The molecule has 21 heavy (non-hydrogen) atoms. The lowest BCUT2D eigenvalue weighted by molar-refractivity contribution is 0.184. The van der Waals surface area contributed by atoms with Gasteiger partial charge >= 0.3 is 0 Å². The molecule has 1 unspecified atom stereocenters. The van der Waals surface area contributed by atoms with Crippen LogP contribution in [0.15, 0.2) is 48.8 Å². The van der Waals surface area contributed by atoms with Crippen LogP contribution in [0.5, 0.6) is 0 Å². The number of hydrogen-bond acceptors (Lipinski definition) is 4. The Hall–Kier alpha value is -1.75. The third-order valence-corrected chi connectivity index (χ3v) is 3.56. The first-order valence-electron chi connectivity index (χ1n) is 7.11. The molecule has 2 rings (SSSR count). The number of rotatable bonds is 7. The lowest BCUT2D eigenvalue weighted by atomic mass is 10.0. The number of aromatic nitrogens is 1. The van der Waals surface area contributed by atoms with Crippen LogP contribution in [-0.2, 0) is 17.9 Å². The van der Waals surface area contributed by atoms with E-state index >= 15 is 0 Å². The monoisotopic (exact) mass is 285 g/mol. The van der Waals surface area contributed by atoms with Crippen molar-refractivity contribution in [3.05, 3.63) is 65.5 Å². The summed E-state index contributed by atoms with van der Waals surface area (Å²) < 4.78 is 5.20. The van der Waals surface area contributed by atoms with E-state index in [-0.39, 0.29) is 6.04 Å². The second-order valence-corrected chi connectivity index (χ2v) is 5.21. The van der Waals surface area contributed by atoms with Crippen LogP contribution in [0.3, 0.4) is 0 Å². The normalized spacial score (nSPS) is 12.6. The molecule has 0 aliphatic carbocycles. The third kappa shape index (κ3) is 4.36. The molecule has 2 aromatic rings. The van der Waals surface area contributed by atoms with Gasteiger partial charge in [-0.2, -0.15) is 0 Å². The molecule has 4 nitrogen and oxygen atoms in total. The van der Waals surface area contributed by atoms with E-state index in [1.165, 1.54) is 16.7 Å². The maximum Gasteiger partial charge on any atom is 0.0713 e. The Bertz CT molecular complexity index is 545. The molecule has 0 aliphatic rings. The van der Waals surface area contributed by atoms with Crippen molar-refractivity contribution in [2.45, 2.75) is 19.2 Å². The topological polar surface area (TPSA) is 51.4 Å². The van der Waals surface area contributed by atoms with Crippen LogP contribution in [-0.4, -0.2) is 30.6 Å². The predicted molar refractivity (Wildman–Crippen MR) is 84.7 cm³/mol. The van der Waals surface area contributed by atoms with Gasteiger partial charge in [0.2, 0.25) is 0 Å². The zero-order valence-electron chi connectivity index (χ0n) is 12.7. The molecule has 0 fully saturated rings. The van der Waals surface area contributed by atoms with Gasteiger partial charge in [0, 0.05) is 38.6 Å². The molecule has 1 aromatic heterocycles. The fraction of sp³-hybridized carbons (Fsp3) is 0.353. The van der Waals surface area contributed by atoms with Gasteiger partial charge in [0.05, 0.1) is 6.61 Å². The summed E-state index contributed by atoms with van der Waals surface area (Å²) >= 11 is 0. The van der Waals surface area contributed by atoms with Crippen molar-refractivity contribution in [1.29, 1.82) is 0 Å². The van der Waals surface area contributed by atoms with E-state index in [1.54, 1.807) is 13.3 Å². The van der Waals surface area contributed by atoms with Crippen molar-refractivity contribution in [2.75, 3.05) is 20.7 Å². The van der Waals surface area contributed by atoms with Gasteiger partial charge in [-0.1, -0.05) is 30.3 Å². The standard InChI is InChI=1S/C17H23N3O/c1-20(12-15-6-4-8-19-11-15)17(10-18)16-7-3-5-14(9-16)13-21-2/h3-9,11,17H,10,12-13,18H2,1-2H3. The van der Waals surface area contributed by atoms with Crippen molar-refractivity contribution in [1.82, 2.24) is 9.88 Å².